The standard InChI is InChI=1S/C13H15BrN4/c1-2-16-12-8-15-9-13(18-12)17-7-10-5-3-4-6-11(10)14/h3-6,8-9H,2,7H2,1H3,(H2,16,17,18). The zero-order chi connectivity index (χ0) is 12.8. The maximum atomic E-state index is 4.41. The van der Waals surface area contributed by atoms with Crippen LogP contribution >= 0.6 is 15.9 Å². The molecule has 2 N–H and O–H groups in total. The molecule has 0 atom stereocenters. The maximum Gasteiger partial charge on any atom is 0.147 e. The van der Waals surface area contributed by atoms with Crippen molar-refractivity contribution in [2.75, 3.05) is 17.2 Å². The van der Waals surface area contributed by atoms with Gasteiger partial charge in [0, 0.05) is 17.6 Å². The van der Waals surface area contributed by atoms with Gasteiger partial charge in [0.15, 0.2) is 0 Å². The van der Waals surface area contributed by atoms with Gasteiger partial charge in [0.05, 0.1) is 12.4 Å². The summed E-state index contributed by atoms with van der Waals surface area (Å²) in [6.45, 7) is 3.58. The highest BCUT2D eigenvalue weighted by Gasteiger charge is 2.00. The molecule has 0 saturated carbocycles. The van der Waals surface area contributed by atoms with Crippen molar-refractivity contribution in [1.29, 1.82) is 0 Å². The summed E-state index contributed by atoms with van der Waals surface area (Å²) in [5, 5.41) is 6.39. The molecule has 0 bridgehead atoms. The molecule has 2 aromatic rings. The van der Waals surface area contributed by atoms with E-state index in [9.17, 15) is 0 Å². The molecule has 1 aromatic heterocycles. The van der Waals surface area contributed by atoms with Crippen LogP contribution in [0.4, 0.5) is 11.6 Å². The number of anilines is 2. The third-order valence-corrected chi connectivity index (χ3v) is 3.18. The Kier molecular flexibility index (Phi) is 4.52. The summed E-state index contributed by atoms with van der Waals surface area (Å²) in [6.07, 6.45) is 3.44. The van der Waals surface area contributed by atoms with Crippen LogP contribution in [0.25, 0.3) is 0 Å². The fraction of sp³-hybridized carbons (Fsp3) is 0.231. The molecule has 1 aromatic carbocycles. The van der Waals surface area contributed by atoms with Crippen molar-refractivity contribution in [1.82, 2.24) is 9.97 Å². The monoisotopic (exact) mass is 306 g/mol. The van der Waals surface area contributed by atoms with Crippen molar-refractivity contribution >= 4 is 27.6 Å². The van der Waals surface area contributed by atoms with Crippen LogP contribution in [0.2, 0.25) is 0 Å². The maximum absolute atomic E-state index is 4.41. The molecule has 0 radical (unpaired) electrons. The van der Waals surface area contributed by atoms with E-state index in [0.29, 0.717) is 6.54 Å². The molecule has 0 unspecified atom stereocenters. The van der Waals surface area contributed by atoms with Gasteiger partial charge in [-0.25, -0.2) is 4.98 Å². The third kappa shape index (κ3) is 3.43. The number of halogens is 1. The van der Waals surface area contributed by atoms with E-state index < -0.39 is 0 Å². The van der Waals surface area contributed by atoms with Gasteiger partial charge in [-0.05, 0) is 18.6 Å². The first kappa shape index (κ1) is 12.8. The van der Waals surface area contributed by atoms with E-state index in [0.717, 1.165) is 22.7 Å². The fourth-order valence-corrected chi connectivity index (χ4v) is 1.97. The van der Waals surface area contributed by atoms with E-state index in [4.69, 9.17) is 0 Å². The van der Waals surface area contributed by atoms with Crippen LogP contribution in [-0.4, -0.2) is 16.5 Å². The minimum atomic E-state index is 0.714. The smallest absolute Gasteiger partial charge is 0.147 e. The number of nitrogens with zero attached hydrogens (tertiary/aromatic N) is 2. The second-order valence-electron chi connectivity index (χ2n) is 3.76. The van der Waals surface area contributed by atoms with E-state index in [2.05, 4.69) is 42.6 Å². The highest BCUT2D eigenvalue weighted by Crippen LogP contribution is 2.17. The van der Waals surface area contributed by atoms with Crippen molar-refractivity contribution < 1.29 is 0 Å². The third-order valence-electron chi connectivity index (χ3n) is 2.41. The second-order valence-corrected chi connectivity index (χ2v) is 4.62. The molecule has 2 rings (SSSR count). The predicted octanol–water partition coefficient (Wildman–Crippen LogP) is 3.28. The molecule has 94 valence electrons. The zero-order valence-corrected chi connectivity index (χ0v) is 11.7. The lowest BCUT2D eigenvalue weighted by Crippen LogP contribution is -2.05. The molecule has 4 nitrogen and oxygen atoms in total. The number of nitrogens with one attached hydrogen (secondary N) is 2. The van der Waals surface area contributed by atoms with Crippen molar-refractivity contribution in [3.63, 3.8) is 0 Å². The second kappa shape index (κ2) is 6.35. The molecule has 0 aliphatic carbocycles. The van der Waals surface area contributed by atoms with E-state index in [1.54, 1.807) is 12.4 Å². The normalized spacial score (nSPS) is 10.1. The largest absolute Gasteiger partial charge is 0.369 e. The molecule has 0 aliphatic heterocycles. The molecular formula is C13H15BrN4. The van der Waals surface area contributed by atoms with Crippen molar-refractivity contribution in [3.8, 4) is 0 Å². The average Bonchev–Trinajstić information content (AvgIpc) is 2.39. The van der Waals surface area contributed by atoms with Crippen LogP contribution in [0.3, 0.4) is 0 Å². The molecule has 0 fully saturated rings. The molecule has 0 saturated heterocycles. The molecule has 5 heteroatoms. The fourth-order valence-electron chi connectivity index (χ4n) is 1.54. The van der Waals surface area contributed by atoms with Gasteiger partial charge in [0.2, 0.25) is 0 Å². The molecular weight excluding hydrogens is 292 g/mol. The number of hydrogen-bond acceptors (Lipinski definition) is 4. The summed E-state index contributed by atoms with van der Waals surface area (Å²) in [5.41, 5.74) is 1.19. The summed E-state index contributed by atoms with van der Waals surface area (Å²) in [6, 6.07) is 8.11. The summed E-state index contributed by atoms with van der Waals surface area (Å²) < 4.78 is 1.09. The summed E-state index contributed by atoms with van der Waals surface area (Å²) >= 11 is 3.52. The van der Waals surface area contributed by atoms with Crippen molar-refractivity contribution in [2.45, 2.75) is 13.5 Å². The lowest BCUT2D eigenvalue weighted by Gasteiger charge is -2.08. The molecule has 0 spiro atoms. The number of hydrogen-bond donors (Lipinski definition) is 2. The van der Waals surface area contributed by atoms with Gasteiger partial charge in [-0.2, -0.15) is 0 Å². The lowest BCUT2D eigenvalue weighted by atomic mass is 10.2. The van der Waals surface area contributed by atoms with E-state index in [1.165, 1.54) is 5.56 Å². The first-order chi connectivity index (χ1) is 8.79. The first-order valence-electron chi connectivity index (χ1n) is 5.83. The van der Waals surface area contributed by atoms with Crippen LogP contribution in [0.1, 0.15) is 12.5 Å². The summed E-state index contributed by atoms with van der Waals surface area (Å²) in [5.74, 6) is 1.55. The lowest BCUT2D eigenvalue weighted by molar-refractivity contribution is 1.06. The minimum Gasteiger partial charge on any atom is -0.369 e. The van der Waals surface area contributed by atoms with Crippen LogP contribution in [0.5, 0.6) is 0 Å². The van der Waals surface area contributed by atoms with Crippen molar-refractivity contribution in [2.24, 2.45) is 0 Å². The van der Waals surface area contributed by atoms with Gasteiger partial charge < -0.3 is 10.6 Å². The van der Waals surface area contributed by atoms with Gasteiger partial charge in [-0.1, -0.05) is 34.1 Å². The Morgan fingerprint density at radius 1 is 1.11 bits per heavy atom. The SMILES string of the molecule is CCNc1cncc(NCc2ccccc2Br)n1. The highest BCUT2D eigenvalue weighted by atomic mass is 79.9. The molecule has 18 heavy (non-hydrogen) atoms. The topological polar surface area (TPSA) is 49.8 Å². The zero-order valence-electron chi connectivity index (χ0n) is 10.2. The Morgan fingerprint density at radius 2 is 1.83 bits per heavy atom. The minimum absolute atomic E-state index is 0.714. The van der Waals surface area contributed by atoms with E-state index >= 15 is 0 Å². The molecule has 0 amide bonds. The van der Waals surface area contributed by atoms with Crippen LogP contribution in [-0.2, 0) is 6.54 Å². The van der Waals surface area contributed by atoms with Crippen LogP contribution in [0.15, 0.2) is 41.1 Å². The molecule has 1 heterocycles. The Bertz CT molecular complexity index is 516. The number of rotatable bonds is 5. The van der Waals surface area contributed by atoms with Gasteiger partial charge in [0.1, 0.15) is 11.6 Å². The summed E-state index contributed by atoms with van der Waals surface area (Å²) in [7, 11) is 0. The quantitative estimate of drug-likeness (QED) is 0.890. The number of aromatic nitrogens is 2. The van der Waals surface area contributed by atoms with Crippen molar-refractivity contribution in [3.05, 3.63) is 46.7 Å². The van der Waals surface area contributed by atoms with Crippen LogP contribution in [0, 0.1) is 0 Å². The van der Waals surface area contributed by atoms with Crippen LogP contribution < -0.4 is 10.6 Å². The van der Waals surface area contributed by atoms with E-state index in [-0.39, 0.29) is 0 Å². The Morgan fingerprint density at radius 3 is 2.56 bits per heavy atom. The predicted molar refractivity (Wildman–Crippen MR) is 77.7 cm³/mol. The van der Waals surface area contributed by atoms with E-state index in [1.807, 2.05) is 25.1 Å². The Balaban J connectivity index is 2.02. The Hall–Kier alpha value is -1.62. The van der Waals surface area contributed by atoms with Gasteiger partial charge in [-0.15, -0.1) is 0 Å². The summed E-state index contributed by atoms with van der Waals surface area (Å²) in [4.78, 5) is 8.55. The molecule has 0 aliphatic rings. The Labute approximate surface area is 115 Å². The van der Waals surface area contributed by atoms with Gasteiger partial charge in [0.25, 0.3) is 0 Å². The van der Waals surface area contributed by atoms with Gasteiger partial charge >= 0.3 is 0 Å². The number of benzene rings is 1. The average molecular weight is 307 g/mol. The first-order valence-corrected chi connectivity index (χ1v) is 6.62. The highest BCUT2D eigenvalue weighted by molar-refractivity contribution is 9.10. The van der Waals surface area contributed by atoms with Gasteiger partial charge in [-0.3, -0.25) is 4.98 Å².